The average Bonchev–Trinajstić information content (AvgIpc) is 2.93. The summed E-state index contributed by atoms with van der Waals surface area (Å²) >= 11 is 0. The molecule has 0 bridgehead atoms. The number of aliphatic carboxylic acids is 1. The van der Waals surface area contributed by atoms with Crippen molar-refractivity contribution in [2.75, 3.05) is 4.90 Å². The highest BCUT2D eigenvalue weighted by molar-refractivity contribution is 6.22. The molecule has 6 nitrogen and oxygen atoms in total. The lowest BCUT2D eigenvalue weighted by Gasteiger charge is -2.20. The molecule has 1 aromatic carbocycles. The van der Waals surface area contributed by atoms with Gasteiger partial charge in [0.2, 0.25) is 0 Å². The second kappa shape index (κ2) is 4.33. The molecule has 1 N–H and O–H groups in total. The number of carbonyl (C=O) groups is 3. The zero-order valence-electron chi connectivity index (χ0n) is 10.9. The molecule has 0 unspecified atom stereocenters. The zero-order valence-corrected chi connectivity index (χ0v) is 10.9. The number of aryl methyl sites for hydroxylation is 1. The number of imide groups is 1. The predicted molar refractivity (Wildman–Crippen MR) is 70.3 cm³/mol. The topological polar surface area (TPSA) is 77.9 Å². The number of nitrogens with zero attached hydrogens (tertiary/aromatic N) is 2. The van der Waals surface area contributed by atoms with Crippen LogP contribution in [0.25, 0.3) is 0 Å². The molecular weight excluding hydrogens is 260 g/mol. The molecule has 2 saturated heterocycles. The number of carboxylic acid groups (broad SMARTS) is 1. The number of anilines is 1. The van der Waals surface area contributed by atoms with E-state index in [9.17, 15) is 14.4 Å². The summed E-state index contributed by atoms with van der Waals surface area (Å²) in [4.78, 5) is 38.3. The lowest BCUT2D eigenvalue weighted by Crippen LogP contribution is -2.42. The first-order valence-electron chi connectivity index (χ1n) is 6.47. The van der Waals surface area contributed by atoms with Crippen molar-refractivity contribution < 1.29 is 19.5 Å². The van der Waals surface area contributed by atoms with Crippen molar-refractivity contribution in [3.63, 3.8) is 0 Å². The molecule has 3 rings (SSSR count). The SMILES string of the molecule is Cc1ccccc1N1C(=O)[C@H]2CC[C@H](C(=O)O)N2C1=O. The zero-order chi connectivity index (χ0) is 14.4. The molecule has 0 saturated carbocycles. The molecule has 2 atom stereocenters. The largest absolute Gasteiger partial charge is 0.480 e. The molecule has 1 aromatic rings. The maximum Gasteiger partial charge on any atom is 0.332 e. The van der Waals surface area contributed by atoms with E-state index in [4.69, 9.17) is 5.11 Å². The molecule has 2 heterocycles. The van der Waals surface area contributed by atoms with Gasteiger partial charge in [-0.05, 0) is 31.4 Å². The fourth-order valence-corrected chi connectivity index (χ4v) is 2.96. The Morgan fingerprint density at radius 2 is 1.95 bits per heavy atom. The van der Waals surface area contributed by atoms with Gasteiger partial charge < -0.3 is 5.11 Å². The van der Waals surface area contributed by atoms with E-state index in [1.54, 1.807) is 12.1 Å². The Labute approximate surface area is 115 Å². The second-order valence-corrected chi connectivity index (χ2v) is 5.10. The Morgan fingerprint density at radius 1 is 1.25 bits per heavy atom. The normalized spacial score (nSPS) is 25.2. The van der Waals surface area contributed by atoms with Gasteiger partial charge in [0.05, 0.1) is 5.69 Å². The average molecular weight is 274 g/mol. The minimum atomic E-state index is -1.06. The lowest BCUT2D eigenvalue weighted by molar-refractivity contribution is -0.141. The van der Waals surface area contributed by atoms with Crippen LogP contribution < -0.4 is 4.90 Å². The van der Waals surface area contributed by atoms with E-state index in [1.165, 1.54) is 4.90 Å². The molecule has 2 aliphatic heterocycles. The van der Waals surface area contributed by atoms with Crippen LogP contribution in [0.3, 0.4) is 0 Å². The fourth-order valence-electron chi connectivity index (χ4n) is 2.96. The Morgan fingerprint density at radius 3 is 2.60 bits per heavy atom. The van der Waals surface area contributed by atoms with Crippen LogP contribution in [0.2, 0.25) is 0 Å². The van der Waals surface area contributed by atoms with Gasteiger partial charge in [-0.25, -0.2) is 14.5 Å². The second-order valence-electron chi connectivity index (χ2n) is 5.10. The van der Waals surface area contributed by atoms with E-state index in [-0.39, 0.29) is 5.91 Å². The first-order valence-corrected chi connectivity index (χ1v) is 6.47. The van der Waals surface area contributed by atoms with Crippen LogP contribution in [0, 0.1) is 6.92 Å². The van der Waals surface area contributed by atoms with E-state index < -0.39 is 24.1 Å². The highest BCUT2D eigenvalue weighted by Crippen LogP contribution is 2.36. The summed E-state index contributed by atoms with van der Waals surface area (Å²) < 4.78 is 0. The third-order valence-electron chi connectivity index (χ3n) is 3.94. The van der Waals surface area contributed by atoms with E-state index in [0.29, 0.717) is 18.5 Å². The minimum absolute atomic E-state index is 0.326. The summed E-state index contributed by atoms with van der Waals surface area (Å²) in [5, 5.41) is 9.15. The van der Waals surface area contributed by atoms with Gasteiger partial charge in [-0.1, -0.05) is 18.2 Å². The number of hydrogen-bond donors (Lipinski definition) is 1. The fraction of sp³-hybridized carbons (Fsp3) is 0.357. The van der Waals surface area contributed by atoms with Crippen molar-refractivity contribution >= 4 is 23.6 Å². The van der Waals surface area contributed by atoms with Crippen LogP contribution in [0.4, 0.5) is 10.5 Å². The number of carbonyl (C=O) groups excluding carboxylic acids is 2. The number of carboxylic acids is 1. The monoisotopic (exact) mass is 274 g/mol. The van der Waals surface area contributed by atoms with Crippen molar-refractivity contribution in [2.45, 2.75) is 31.8 Å². The first kappa shape index (κ1) is 12.7. The Balaban J connectivity index is 2.01. The summed E-state index contributed by atoms with van der Waals surface area (Å²) in [6.45, 7) is 1.81. The van der Waals surface area contributed by atoms with Crippen LogP contribution in [0.1, 0.15) is 18.4 Å². The summed E-state index contributed by atoms with van der Waals surface area (Å²) in [6.07, 6.45) is 0.739. The minimum Gasteiger partial charge on any atom is -0.480 e. The van der Waals surface area contributed by atoms with E-state index >= 15 is 0 Å². The Bertz CT molecular complexity index is 613. The van der Waals surface area contributed by atoms with E-state index in [0.717, 1.165) is 10.5 Å². The van der Waals surface area contributed by atoms with Crippen LogP contribution >= 0.6 is 0 Å². The third-order valence-corrected chi connectivity index (χ3v) is 3.94. The number of para-hydroxylation sites is 1. The molecule has 6 heteroatoms. The first-order chi connectivity index (χ1) is 9.52. The molecule has 0 radical (unpaired) electrons. The van der Waals surface area contributed by atoms with Crippen molar-refractivity contribution in [3.8, 4) is 0 Å². The molecule has 2 fully saturated rings. The highest BCUT2D eigenvalue weighted by Gasteiger charge is 2.54. The molecule has 20 heavy (non-hydrogen) atoms. The number of fused-ring (bicyclic) bond motifs is 1. The smallest absolute Gasteiger partial charge is 0.332 e. The predicted octanol–water partition coefficient (Wildman–Crippen LogP) is 1.38. The van der Waals surface area contributed by atoms with Gasteiger partial charge in [-0.15, -0.1) is 0 Å². The van der Waals surface area contributed by atoms with Gasteiger partial charge in [0, 0.05) is 0 Å². The van der Waals surface area contributed by atoms with Gasteiger partial charge in [0.1, 0.15) is 12.1 Å². The van der Waals surface area contributed by atoms with Gasteiger partial charge >= 0.3 is 12.0 Å². The van der Waals surface area contributed by atoms with Gasteiger partial charge in [-0.3, -0.25) is 9.69 Å². The molecule has 0 aromatic heterocycles. The number of hydrogen-bond acceptors (Lipinski definition) is 3. The van der Waals surface area contributed by atoms with Gasteiger partial charge in [-0.2, -0.15) is 0 Å². The standard InChI is InChI=1S/C14H14N2O4/c1-8-4-2-3-5-9(8)16-12(17)10-6-7-11(13(18)19)15(10)14(16)20/h2-5,10-11H,6-7H2,1H3,(H,18,19)/t10-,11-/m1/s1. The molecule has 0 spiro atoms. The van der Waals surface area contributed by atoms with Crippen molar-refractivity contribution in [2.24, 2.45) is 0 Å². The molecule has 104 valence electrons. The molecule has 2 aliphatic rings. The maximum absolute atomic E-state index is 12.4. The van der Waals surface area contributed by atoms with Crippen LogP contribution in [0.5, 0.6) is 0 Å². The van der Waals surface area contributed by atoms with Crippen LogP contribution in [0.15, 0.2) is 24.3 Å². The summed E-state index contributed by atoms with van der Waals surface area (Å²) in [5.41, 5.74) is 1.34. The maximum atomic E-state index is 12.4. The quantitative estimate of drug-likeness (QED) is 0.826. The number of amides is 3. The lowest BCUT2D eigenvalue weighted by atomic mass is 10.1. The highest BCUT2D eigenvalue weighted by atomic mass is 16.4. The molecular formula is C14H14N2O4. The summed E-state index contributed by atoms with van der Waals surface area (Å²) in [6, 6.07) is 5.02. The number of benzene rings is 1. The Hall–Kier alpha value is -2.37. The summed E-state index contributed by atoms with van der Waals surface area (Å²) in [5.74, 6) is -1.38. The van der Waals surface area contributed by atoms with Crippen molar-refractivity contribution in [1.82, 2.24) is 4.90 Å². The van der Waals surface area contributed by atoms with Gasteiger partial charge in [0.25, 0.3) is 5.91 Å². The van der Waals surface area contributed by atoms with Gasteiger partial charge in [0.15, 0.2) is 0 Å². The van der Waals surface area contributed by atoms with Crippen molar-refractivity contribution in [3.05, 3.63) is 29.8 Å². The third kappa shape index (κ3) is 1.61. The number of urea groups is 1. The number of rotatable bonds is 2. The van der Waals surface area contributed by atoms with E-state index in [2.05, 4.69) is 0 Å². The molecule has 3 amide bonds. The molecule has 0 aliphatic carbocycles. The van der Waals surface area contributed by atoms with Crippen LogP contribution in [-0.2, 0) is 9.59 Å². The van der Waals surface area contributed by atoms with Crippen molar-refractivity contribution in [1.29, 1.82) is 0 Å². The van der Waals surface area contributed by atoms with Crippen LogP contribution in [-0.4, -0.2) is 40.0 Å². The van der Waals surface area contributed by atoms with E-state index in [1.807, 2.05) is 19.1 Å². The summed E-state index contributed by atoms with van der Waals surface area (Å²) in [7, 11) is 0. The Kier molecular flexibility index (Phi) is 2.74.